The highest BCUT2D eigenvalue weighted by Gasteiger charge is 2.02. The molecule has 0 heterocycles. The molecule has 0 saturated heterocycles. The molecule has 0 atom stereocenters. The second-order valence-corrected chi connectivity index (χ2v) is 3.95. The first-order valence-electron chi connectivity index (χ1n) is 4.83. The Bertz CT molecular complexity index is 349. The van der Waals surface area contributed by atoms with Crippen molar-refractivity contribution in [1.29, 1.82) is 0 Å². The van der Waals surface area contributed by atoms with E-state index in [0.29, 0.717) is 17.4 Å². The molecule has 0 aromatic heterocycles. The van der Waals surface area contributed by atoms with Crippen LogP contribution in [0.1, 0.15) is 12.5 Å². The van der Waals surface area contributed by atoms with Crippen LogP contribution in [-0.4, -0.2) is 13.7 Å². The van der Waals surface area contributed by atoms with E-state index < -0.39 is 0 Å². The van der Waals surface area contributed by atoms with Gasteiger partial charge < -0.3 is 10.1 Å². The molecule has 0 aliphatic heterocycles. The SMILES string of the molecule is C=C(C)COc1ccc(CNC)cc1Cl. The summed E-state index contributed by atoms with van der Waals surface area (Å²) in [5.74, 6) is 0.708. The Morgan fingerprint density at radius 3 is 2.80 bits per heavy atom. The zero-order valence-electron chi connectivity index (χ0n) is 9.14. The maximum Gasteiger partial charge on any atom is 0.138 e. The lowest BCUT2D eigenvalue weighted by Crippen LogP contribution is -2.05. The first kappa shape index (κ1) is 12.1. The summed E-state index contributed by atoms with van der Waals surface area (Å²) in [7, 11) is 1.90. The predicted octanol–water partition coefficient (Wildman–Crippen LogP) is 3.01. The highest BCUT2D eigenvalue weighted by molar-refractivity contribution is 6.32. The minimum absolute atomic E-state index is 0.505. The molecule has 15 heavy (non-hydrogen) atoms. The Morgan fingerprint density at radius 1 is 1.53 bits per heavy atom. The van der Waals surface area contributed by atoms with Gasteiger partial charge in [0, 0.05) is 6.54 Å². The van der Waals surface area contributed by atoms with Gasteiger partial charge in [0.15, 0.2) is 0 Å². The number of hydrogen-bond acceptors (Lipinski definition) is 2. The Labute approximate surface area is 95.9 Å². The molecule has 0 unspecified atom stereocenters. The summed E-state index contributed by atoms with van der Waals surface area (Å²) in [6.45, 7) is 7.00. The van der Waals surface area contributed by atoms with E-state index in [-0.39, 0.29) is 0 Å². The van der Waals surface area contributed by atoms with Crippen LogP contribution < -0.4 is 10.1 Å². The summed E-state index contributed by atoms with van der Waals surface area (Å²) in [5.41, 5.74) is 2.12. The van der Waals surface area contributed by atoms with Crippen LogP contribution in [-0.2, 0) is 6.54 Å². The van der Waals surface area contributed by atoms with Crippen LogP contribution in [0.2, 0.25) is 5.02 Å². The molecule has 0 aliphatic carbocycles. The summed E-state index contributed by atoms with van der Waals surface area (Å²) in [4.78, 5) is 0. The topological polar surface area (TPSA) is 21.3 Å². The number of ether oxygens (including phenoxy) is 1. The van der Waals surface area contributed by atoms with Crippen LogP contribution in [0, 0.1) is 0 Å². The zero-order chi connectivity index (χ0) is 11.3. The van der Waals surface area contributed by atoms with Gasteiger partial charge in [-0.05, 0) is 37.2 Å². The highest BCUT2D eigenvalue weighted by atomic mass is 35.5. The molecule has 3 heteroatoms. The van der Waals surface area contributed by atoms with Crippen LogP contribution in [0.15, 0.2) is 30.4 Å². The van der Waals surface area contributed by atoms with Crippen molar-refractivity contribution in [3.63, 3.8) is 0 Å². The normalized spacial score (nSPS) is 10.1. The predicted molar refractivity (Wildman–Crippen MR) is 64.5 cm³/mol. The second kappa shape index (κ2) is 5.79. The first-order chi connectivity index (χ1) is 7.13. The van der Waals surface area contributed by atoms with Crippen LogP contribution in [0.25, 0.3) is 0 Å². The van der Waals surface area contributed by atoms with Gasteiger partial charge in [-0.2, -0.15) is 0 Å². The molecule has 1 N–H and O–H groups in total. The van der Waals surface area contributed by atoms with E-state index in [1.165, 1.54) is 0 Å². The summed E-state index contributed by atoms with van der Waals surface area (Å²) >= 11 is 6.07. The fourth-order valence-electron chi connectivity index (χ4n) is 1.18. The van der Waals surface area contributed by atoms with E-state index in [9.17, 15) is 0 Å². The van der Waals surface area contributed by atoms with Crippen molar-refractivity contribution in [1.82, 2.24) is 5.32 Å². The van der Waals surface area contributed by atoms with Crippen molar-refractivity contribution >= 4 is 11.6 Å². The molecule has 1 rings (SSSR count). The van der Waals surface area contributed by atoms with Crippen molar-refractivity contribution in [2.45, 2.75) is 13.5 Å². The lowest BCUT2D eigenvalue weighted by molar-refractivity contribution is 0.353. The Morgan fingerprint density at radius 2 is 2.27 bits per heavy atom. The summed E-state index contributed by atoms with van der Waals surface area (Å²) in [6.07, 6.45) is 0. The summed E-state index contributed by atoms with van der Waals surface area (Å²) in [6, 6.07) is 5.79. The molecule has 0 radical (unpaired) electrons. The van der Waals surface area contributed by atoms with E-state index in [0.717, 1.165) is 17.7 Å². The molecule has 0 saturated carbocycles. The average molecular weight is 226 g/mol. The van der Waals surface area contributed by atoms with Gasteiger partial charge in [-0.15, -0.1) is 0 Å². The van der Waals surface area contributed by atoms with Crippen LogP contribution in [0.5, 0.6) is 5.75 Å². The van der Waals surface area contributed by atoms with Crippen LogP contribution in [0.3, 0.4) is 0 Å². The fraction of sp³-hybridized carbons (Fsp3) is 0.333. The van der Waals surface area contributed by atoms with Crippen molar-refractivity contribution in [3.8, 4) is 5.75 Å². The maximum atomic E-state index is 6.07. The third-order valence-electron chi connectivity index (χ3n) is 1.85. The van der Waals surface area contributed by atoms with Gasteiger partial charge in [0.05, 0.1) is 5.02 Å². The number of benzene rings is 1. The van der Waals surface area contributed by atoms with Gasteiger partial charge in [-0.25, -0.2) is 0 Å². The molecular weight excluding hydrogens is 210 g/mol. The molecule has 2 nitrogen and oxygen atoms in total. The molecule has 82 valence electrons. The summed E-state index contributed by atoms with van der Waals surface area (Å²) < 4.78 is 5.48. The van der Waals surface area contributed by atoms with Gasteiger partial charge in [0.1, 0.15) is 12.4 Å². The van der Waals surface area contributed by atoms with Crippen molar-refractivity contribution in [2.75, 3.05) is 13.7 Å². The van der Waals surface area contributed by atoms with Crippen LogP contribution >= 0.6 is 11.6 Å². The van der Waals surface area contributed by atoms with E-state index in [1.54, 1.807) is 0 Å². The third kappa shape index (κ3) is 3.94. The number of nitrogens with one attached hydrogen (secondary N) is 1. The molecular formula is C12H16ClNO. The van der Waals surface area contributed by atoms with E-state index in [4.69, 9.17) is 16.3 Å². The molecule has 0 spiro atoms. The maximum absolute atomic E-state index is 6.07. The van der Waals surface area contributed by atoms with Gasteiger partial charge in [-0.3, -0.25) is 0 Å². The van der Waals surface area contributed by atoms with Crippen molar-refractivity contribution in [3.05, 3.63) is 40.9 Å². The Hall–Kier alpha value is -0.990. The fourth-order valence-corrected chi connectivity index (χ4v) is 1.43. The van der Waals surface area contributed by atoms with Crippen molar-refractivity contribution < 1.29 is 4.74 Å². The standard InChI is InChI=1S/C12H16ClNO/c1-9(2)8-15-12-5-4-10(7-14-3)6-11(12)13/h4-6,14H,1,7-8H2,2-3H3. The van der Waals surface area contributed by atoms with Gasteiger partial charge >= 0.3 is 0 Å². The monoisotopic (exact) mass is 225 g/mol. The Balaban J connectivity index is 2.70. The third-order valence-corrected chi connectivity index (χ3v) is 2.15. The second-order valence-electron chi connectivity index (χ2n) is 3.54. The number of halogens is 1. The minimum Gasteiger partial charge on any atom is -0.488 e. The lowest BCUT2D eigenvalue weighted by Gasteiger charge is -2.09. The lowest BCUT2D eigenvalue weighted by atomic mass is 10.2. The largest absolute Gasteiger partial charge is 0.488 e. The zero-order valence-corrected chi connectivity index (χ0v) is 9.90. The van der Waals surface area contributed by atoms with Crippen LogP contribution in [0.4, 0.5) is 0 Å². The summed E-state index contributed by atoms with van der Waals surface area (Å²) in [5, 5.41) is 3.71. The molecule has 0 amide bonds. The molecule has 1 aromatic carbocycles. The highest BCUT2D eigenvalue weighted by Crippen LogP contribution is 2.25. The number of hydrogen-bond donors (Lipinski definition) is 1. The first-order valence-corrected chi connectivity index (χ1v) is 5.21. The minimum atomic E-state index is 0.505. The number of rotatable bonds is 5. The van der Waals surface area contributed by atoms with Gasteiger partial charge in [0.25, 0.3) is 0 Å². The Kier molecular flexibility index (Phi) is 4.66. The smallest absolute Gasteiger partial charge is 0.138 e. The van der Waals surface area contributed by atoms with E-state index >= 15 is 0 Å². The molecule has 1 aromatic rings. The average Bonchev–Trinajstić information content (AvgIpc) is 2.17. The van der Waals surface area contributed by atoms with Gasteiger partial charge in [-0.1, -0.05) is 24.2 Å². The molecule has 0 bridgehead atoms. The quantitative estimate of drug-likeness (QED) is 0.778. The van der Waals surface area contributed by atoms with Gasteiger partial charge in [0.2, 0.25) is 0 Å². The van der Waals surface area contributed by atoms with E-state index in [1.807, 2.05) is 32.2 Å². The van der Waals surface area contributed by atoms with E-state index in [2.05, 4.69) is 11.9 Å². The molecule has 0 fully saturated rings. The molecule has 0 aliphatic rings. The van der Waals surface area contributed by atoms with Crippen molar-refractivity contribution in [2.24, 2.45) is 0 Å².